The number of hydrogen-bond donors (Lipinski definition) is 1. The lowest BCUT2D eigenvalue weighted by Gasteiger charge is -2.15. The molecule has 1 aromatic carbocycles. The van der Waals surface area contributed by atoms with E-state index >= 15 is 0 Å². The van der Waals surface area contributed by atoms with Crippen LogP contribution in [0.15, 0.2) is 42.1 Å². The highest BCUT2D eigenvalue weighted by Gasteiger charge is 2.20. The van der Waals surface area contributed by atoms with Gasteiger partial charge < -0.3 is 4.74 Å². The Hall–Kier alpha value is -2.72. The molecule has 1 amide bonds. The highest BCUT2D eigenvalue weighted by Crippen LogP contribution is 2.25. The molecular formula is C19H22N6O2S2. The second kappa shape index (κ2) is 9.66. The smallest absolute Gasteiger partial charge is 0.236 e. The van der Waals surface area contributed by atoms with Gasteiger partial charge in [0.2, 0.25) is 11.0 Å². The SMILES string of the molecule is C=CCn1c(SCC(=O)Nc2nnc(C)s2)nnc1C(C)Oc1ccc(C)cc1. The Bertz CT molecular complexity index is 983. The third-order valence-corrected chi connectivity index (χ3v) is 5.58. The van der Waals surface area contributed by atoms with Gasteiger partial charge in [-0.15, -0.1) is 27.0 Å². The number of nitrogens with zero attached hydrogens (tertiary/aromatic N) is 5. The van der Waals surface area contributed by atoms with Crippen LogP contribution in [0.4, 0.5) is 5.13 Å². The summed E-state index contributed by atoms with van der Waals surface area (Å²) in [4.78, 5) is 12.2. The van der Waals surface area contributed by atoms with Crippen molar-refractivity contribution in [3.05, 3.63) is 53.3 Å². The van der Waals surface area contributed by atoms with Crippen LogP contribution in [0.25, 0.3) is 0 Å². The van der Waals surface area contributed by atoms with E-state index in [1.807, 2.05) is 49.6 Å². The summed E-state index contributed by atoms with van der Waals surface area (Å²) in [7, 11) is 0. The fraction of sp³-hybridized carbons (Fsp3) is 0.316. The topological polar surface area (TPSA) is 94.8 Å². The number of nitrogens with one attached hydrogen (secondary N) is 1. The Morgan fingerprint density at radius 2 is 2.03 bits per heavy atom. The summed E-state index contributed by atoms with van der Waals surface area (Å²) in [6.45, 7) is 10.1. The highest BCUT2D eigenvalue weighted by molar-refractivity contribution is 7.99. The molecule has 3 aromatic rings. The first-order valence-electron chi connectivity index (χ1n) is 8.96. The Morgan fingerprint density at radius 1 is 1.28 bits per heavy atom. The number of thioether (sulfide) groups is 1. The zero-order valence-corrected chi connectivity index (χ0v) is 18.1. The van der Waals surface area contributed by atoms with E-state index in [9.17, 15) is 4.79 Å². The summed E-state index contributed by atoms with van der Waals surface area (Å²) in [5.74, 6) is 1.44. The number of rotatable bonds is 9. The molecule has 0 spiro atoms. The zero-order valence-electron chi connectivity index (χ0n) is 16.5. The molecule has 0 saturated heterocycles. The van der Waals surface area contributed by atoms with Crippen molar-refractivity contribution in [2.24, 2.45) is 0 Å². The summed E-state index contributed by atoms with van der Waals surface area (Å²) in [6.07, 6.45) is 1.46. The molecule has 0 bridgehead atoms. The maximum Gasteiger partial charge on any atom is 0.236 e. The Morgan fingerprint density at radius 3 is 2.69 bits per heavy atom. The van der Waals surface area contributed by atoms with Crippen LogP contribution in [0.5, 0.6) is 5.75 Å². The number of aromatic nitrogens is 5. The molecule has 10 heteroatoms. The lowest BCUT2D eigenvalue weighted by Crippen LogP contribution is -2.15. The summed E-state index contributed by atoms with van der Waals surface area (Å²) < 4.78 is 7.90. The van der Waals surface area contributed by atoms with Gasteiger partial charge in [-0.2, -0.15) is 0 Å². The molecule has 1 N–H and O–H groups in total. The van der Waals surface area contributed by atoms with Gasteiger partial charge in [-0.25, -0.2) is 0 Å². The van der Waals surface area contributed by atoms with Crippen LogP contribution < -0.4 is 10.1 Å². The Labute approximate surface area is 177 Å². The number of allylic oxidation sites excluding steroid dienone is 1. The Kier molecular flexibility index (Phi) is 6.99. The molecule has 0 aliphatic rings. The highest BCUT2D eigenvalue weighted by atomic mass is 32.2. The van der Waals surface area contributed by atoms with Gasteiger partial charge in [-0.3, -0.25) is 14.7 Å². The van der Waals surface area contributed by atoms with E-state index in [-0.39, 0.29) is 17.8 Å². The quantitative estimate of drug-likeness (QED) is 0.407. The molecule has 8 nitrogen and oxygen atoms in total. The maximum absolute atomic E-state index is 12.2. The molecule has 3 rings (SSSR count). The minimum atomic E-state index is -0.308. The van der Waals surface area contributed by atoms with Gasteiger partial charge >= 0.3 is 0 Å². The fourth-order valence-electron chi connectivity index (χ4n) is 2.51. The van der Waals surface area contributed by atoms with Gasteiger partial charge in [0, 0.05) is 6.54 Å². The van der Waals surface area contributed by atoms with Gasteiger partial charge in [0.15, 0.2) is 17.1 Å². The van der Waals surface area contributed by atoms with E-state index < -0.39 is 0 Å². The van der Waals surface area contributed by atoms with Gasteiger partial charge in [0.1, 0.15) is 10.8 Å². The predicted molar refractivity (Wildman–Crippen MR) is 114 cm³/mol. The predicted octanol–water partition coefficient (Wildman–Crippen LogP) is 3.80. The second-order valence-electron chi connectivity index (χ2n) is 6.28. The van der Waals surface area contributed by atoms with Crippen LogP contribution in [-0.4, -0.2) is 36.6 Å². The summed E-state index contributed by atoms with van der Waals surface area (Å²) in [5, 5.41) is 20.9. The average Bonchev–Trinajstić information content (AvgIpc) is 3.28. The van der Waals surface area contributed by atoms with Crippen LogP contribution in [-0.2, 0) is 11.3 Å². The average molecular weight is 431 g/mol. The minimum absolute atomic E-state index is 0.176. The molecule has 1 atom stereocenters. The van der Waals surface area contributed by atoms with Crippen LogP contribution in [0.2, 0.25) is 0 Å². The monoisotopic (exact) mass is 430 g/mol. The summed E-state index contributed by atoms with van der Waals surface area (Å²) in [5.41, 5.74) is 1.17. The van der Waals surface area contributed by atoms with Crippen molar-refractivity contribution < 1.29 is 9.53 Å². The van der Waals surface area contributed by atoms with E-state index in [0.717, 1.165) is 10.8 Å². The molecule has 0 radical (unpaired) electrons. The second-order valence-corrected chi connectivity index (χ2v) is 8.40. The third kappa shape index (κ3) is 5.64. The number of carbonyl (C=O) groups is 1. The van der Waals surface area contributed by atoms with Crippen LogP contribution in [0, 0.1) is 13.8 Å². The number of anilines is 1. The number of amides is 1. The van der Waals surface area contributed by atoms with E-state index in [1.165, 1.54) is 28.7 Å². The molecule has 0 aliphatic carbocycles. The lowest BCUT2D eigenvalue weighted by molar-refractivity contribution is -0.113. The maximum atomic E-state index is 12.2. The zero-order chi connectivity index (χ0) is 20.8. The fourth-order valence-corrected chi connectivity index (χ4v) is 3.88. The Balaban J connectivity index is 1.66. The number of carbonyl (C=O) groups excluding carboxylic acids is 1. The number of benzene rings is 1. The van der Waals surface area contributed by atoms with Crippen LogP contribution >= 0.6 is 23.1 Å². The van der Waals surface area contributed by atoms with Crippen molar-refractivity contribution in [1.82, 2.24) is 25.0 Å². The van der Waals surface area contributed by atoms with E-state index in [1.54, 1.807) is 6.08 Å². The van der Waals surface area contributed by atoms with Gasteiger partial charge in [-0.05, 0) is 32.9 Å². The number of ether oxygens (including phenoxy) is 1. The van der Waals surface area contributed by atoms with Crippen molar-refractivity contribution in [3.63, 3.8) is 0 Å². The van der Waals surface area contributed by atoms with E-state index in [4.69, 9.17) is 4.74 Å². The lowest BCUT2D eigenvalue weighted by atomic mass is 10.2. The molecule has 2 heterocycles. The summed E-state index contributed by atoms with van der Waals surface area (Å²) in [6, 6.07) is 7.84. The van der Waals surface area contributed by atoms with Crippen molar-refractivity contribution in [1.29, 1.82) is 0 Å². The third-order valence-electron chi connectivity index (χ3n) is 3.86. The first-order chi connectivity index (χ1) is 14.0. The van der Waals surface area contributed by atoms with Gasteiger partial charge in [0.25, 0.3) is 0 Å². The minimum Gasteiger partial charge on any atom is -0.483 e. The molecule has 0 fully saturated rings. The molecule has 0 aliphatic heterocycles. The number of aryl methyl sites for hydroxylation is 2. The van der Waals surface area contributed by atoms with Crippen LogP contribution in [0.1, 0.15) is 29.4 Å². The first kappa shape index (κ1) is 21.0. The molecule has 2 aromatic heterocycles. The van der Waals surface area contributed by atoms with Crippen LogP contribution in [0.3, 0.4) is 0 Å². The largest absolute Gasteiger partial charge is 0.483 e. The van der Waals surface area contributed by atoms with Gasteiger partial charge in [-0.1, -0.05) is 46.9 Å². The van der Waals surface area contributed by atoms with E-state index in [0.29, 0.717) is 22.7 Å². The number of hydrogen-bond acceptors (Lipinski definition) is 8. The molecule has 152 valence electrons. The van der Waals surface area contributed by atoms with Gasteiger partial charge in [0.05, 0.1) is 5.75 Å². The molecule has 0 saturated carbocycles. The molecule has 1 unspecified atom stereocenters. The normalized spacial score (nSPS) is 11.8. The standard InChI is InChI=1S/C19H22N6O2S2/c1-5-10-25-17(13(3)27-15-8-6-12(2)7-9-15)22-24-19(25)28-11-16(26)20-18-23-21-14(4)29-18/h5-9,13H,1,10-11H2,2-4H3,(H,20,23,26). The summed E-state index contributed by atoms with van der Waals surface area (Å²) >= 11 is 2.63. The van der Waals surface area contributed by atoms with Crippen molar-refractivity contribution in [2.45, 2.75) is 38.6 Å². The molecular weight excluding hydrogens is 408 g/mol. The van der Waals surface area contributed by atoms with Crippen molar-refractivity contribution in [2.75, 3.05) is 11.1 Å². The van der Waals surface area contributed by atoms with Crippen molar-refractivity contribution in [3.8, 4) is 5.75 Å². The van der Waals surface area contributed by atoms with E-state index in [2.05, 4.69) is 32.3 Å². The van der Waals surface area contributed by atoms with Crippen molar-refractivity contribution >= 4 is 34.1 Å². The first-order valence-corrected chi connectivity index (χ1v) is 10.8. The molecule has 29 heavy (non-hydrogen) atoms.